The van der Waals surface area contributed by atoms with E-state index in [1.165, 1.54) is 4.90 Å². The number of hydrogen-bond acceptors (Lipinski definition) is 4. The van der Waals surface area contributed by atoms with Crippen molar-refractivity contribution < 1.29 is 18.7 Å². The van der Waals surface area contributed by atoms with Crippen LogP contribution in [0.1, 0.15) is 27.2 Å². The normalized spacial score (nSPS) is 27.3. The van der Waals surface area contributed by atoms with Crippen molar-refractivity contribution in [2.75, 3.05) is 13.1 Å². The minimum Gasteiger partial charge on any atom is -0.444 e. The van der Waals surface area contributed by atoms with Crippen molar-refractivity contribution in [2.45, 2.75) is 39.0 Å². The van der Waals surface area contributed by atoms with Crippen LogP contribution in [0.2, 0.25) is 0 Å². The van der Waals surface area contributed by atoms with Gasteiger partial charge in [0, 0.05) is 6.54 Å². The summed E-state index contributed by atoms with van der Waals surface area (Å²) < 4.78 is 19.3. The van der Waals surface area contributed by atoms with E-state index in [4.69, 9.17) is 4.74 Å². The highest BCUT2D eigenvalue weighted by Crippen LogP contribution is 2.22. The van der Waals surface area contributed by atoms with Gasteiger partial charge in [0.2, 0.25) is 5.91 Å². The molecule has 2 aliphatic heterocycles. The molecular weight excluding hydrogens is 253 g/mol. The first-order valence-corrected chi connectivity index (χ1v) is 6.27. The van der Waals surface area contributed by atoms with E-state index in [9.17, 15) is 14.0 Å². The third kappa shape index (κ3) is 3.02. The minimum atomic E-state index is -1.43. The number of hydrazone groups is 1. The smallest absolute Gasteiger partial charge is 0.410 e. The number of likely N-dealkylation sites (tertiary alicyclic amines) is 1. The second-order valence-corrected chi connectivity index (χ2v) is 5.75. The van der Waals surface area contributed by atoms with Crippen molar-refractivity contribution in [2.24, 2.45) is 11.0 Å². The minimum absolute atomic E-state index is 0.126. The van der Waals surface area contributed by atoms with Crippen LogP contribution in [0.5, 0.6) is 0 Å². The molecule has 2 aliphatic rings. The number of nitrogens with one attached hydrogen (secondary N) is 1. The van der Waals surface area contributed by atoms with Gasteiger partial charge < -0.3 is 9.64 Å². The highest BCUT2D eigenvalue weighted by Gasteiger charge is 2.40. The fourth-order valence-corrected chi connectivity index (χ4v) is 2.13. The third-order valence-electron chi connectivity index (χ3n) is 3.01. The van der Waals surface area contributed by atoms with Crippen LogP contribution < -0.4 is 5.43 Å². The molecule has 2 unspecified atom stereocenters. The summed E-state index contributed by atoms with van der Waals surface area (Å²) in [5.41, 5.74) is 1.84. The lowest BCUT2D eigenvalue weighted by molar-refractivity contribution is -0.122. The Bertz CT molecular complexity index is 430. The number of alkyl halides is 1. The average Bonchev–Trinajstić information content (AvgIpc) is 2.53. The molecule has 2 rings (SSSR count). The van der Waals surface area contributed by atoms with Crippen molar-refractivity contribution in [1.29, 1.82) is 0 Å². The lowest BCUT2D eigenvalue weighted by Gasteiger charge is -2.26. The van der Waals surface area contributed by atoms with Gasteiger partial charge in [0.25, 0.3) is 0 Å². The van der Waals surface area contributed by atoms with Crippen LogP contribution in [0.4, 0.5) is 9.18 Å². The highest BCUT2D eigenvalue weighted by atomic mass is 19.1. The Morgan fingerprint density at radius 3 is 2.84 bits per heavy atom. The third-order valence-corrected chi connectivity index (χ3v) is 3.01. The maximum absolute atomic E-state index is 14.0. The van der Waals surface area contributed by atoms with Gasteiger partial charge in [0.1, 0.15) is 5.60 Å². The van der Waals surface area contributed by atoms with Crippen LogP contribution >= 0.6 is 0 Å². The zero-order chi connectivity index (χ0) is 14.2. The van der Waals surface area contributed by atoms with E-state index in [1.54, 1.807) is 20.8 Å². The molecule has 0 aliphatic carbocycles. The van der Waals surface area contributed by atoms with E-state index in [-0.39, 0.29) is 24.7 Å². The first kappa shape index (κ1) is 13.8. The fraction of sp³-hybridized carbons (Fsp3) is 0.750. The first-order chi connectivity index (χ1) is 8.78. The molecule has 2 amide bonds. The second kappa shape index (κ2) is 4.79. The van der Waals surface area contributed by atoms with Crippen molar-refractivity contribution >= 4 is 17.7 Å². The SMILES string of the molecule is CC(C)(C)OC(=O)N1CCC2C(=O)NN=C2C(F)C1. The summed E-state index contributed by atoms with van der Waals surface area (Å²) in [6.45, 7) is 5.41. The monoisotopic (exact) mass is 271 g/mol. The zero-order valence-corrected chi connectivity index (χ0v) is 11.3. The van der Waals surface area contributed by atoms with Gasteiger partial charge in [-0.25, -0.2) is 14.6 Å². The van der Waals surface area contributed by atoms with Crippen molar-refractivity contribution in [3.63, 3.8) is 0 Å². The quantitative estimate of drug-likeness (QED) is 0.716. The molecule has 2 atom stereocenters. The maximum atomic E-state index is 14.0. The van der Waals surface area contributed by atoms with Gasteiger partial charge in [-0.2, -0.15) is 5.10 Å². The van der Waals surface area contributed by atoms with Crippen LogP contribution in [-0.2, 0) is 9.53 Å². The van der Waals surface area contributed by atoms with Gasteiger partial charge in [-0.05, 0) is 27.2 Å². The number of carbonyl (C=O) groups is 2. The van der Waals surface area contributed by atoms with Crippen LogP contribution in [-0.4, -0.2) is 47.5 Å². The molecule has 0 bridgehead atoms. The lowest BCUT2D eigenvalue weighted by Crippen LogP contribution is -2.40. The summed E-state index contributed by atoms with van der Waals surface area (Å²) in [5, 5.41) is 3.71. The summed E-state index contributed by atoms with van der Waals surface area (Å²) in [6, 6.07) is 0. The van der Waals surface area contributed by atoms with Crippen molar-refractivity contribution in [3.8, 4) is 0 Å². The molecule has 19 heavy (non-hydrogen) atoms. The molecule has 0 aromatic heterocycles. The number of hydrogen-bond donors (Lipinski definition) is 1. The van der Waals surface area contributed by atoms with Gasteiger partial charge in [0.15, 0.2) is 6.17 Å². The Hall–Kier alpha value is -1.66. The van der Waals surface area contributed by atoms with Crippen LogP contribution in [0.15, 0.2) is 5.10 Å². The zero-order valence-electron chi connectivity index (χ0n) is 11.3. The van der Waals surface area contributed by atoms with E-state index in [0.29, 0.717) is 6.42 Å². The van der Waals surface area contributed by atoms with Gasteiger partial charge in [0.05, 0.1) is 18.2 Å². The molecule has 0 saturated carbocycles. The molecule has 0 aromatic rings. The second-order valence-electron chi connectivity index (χ2n) is 5.75. The molecular formula is C12H18FN3O3. The topological polar surface area (TPSA) is 71.0 Å². The standard InChI is InChI=1S/C12H18FN3O3/c1-12(2,3)19-11(18)16-5-4-7-9(8(13)6-16)14-15-10(7)17/h7-8H,4-6H2,1-3H3,(H,15,17). The number of amides is 2. The van der Waals surface area contributed by atoms with Crippen LogP contribution in [0.3, 0.4) is 0 Å². The molecule has 0 aromatic carbocycles. The van der Waals surface area contributed by atoms with Crippen molar-refractivity contribution in [1.82, 2.24) is 10.3 Å². The highest BCUT2D eigenvalue weighted by molar-refractivity contribution is 6.10. The largest absolute Gasteiger partial charge is 0.444 e. The summed E-state index contributed by atoms with van der Waals surface area (Å²) in [4.78, 5) is 24.7. The molecule has 2 heterocycles. The fourth-order valence-electron chi connectivity index (χ4n) is 2.13. The van der Waals surface area contributed by atoms with E-state index >= 15 is 0 Å². The first-order valence-electron chi connectivity index (χ1n) is 6.27. The number of rotatable bonds is 0. The Morgan fingerprint density at radius 1 is 1.53 bits per heavy atom. The van der Waals surface area contributed by atoms with Crippen LogP contribution in [0.25, 0.3) is 0 Å². The molecule has 7 heteroatoms. The number of nitrogens with zero attached hydrogens (tertiary/aromatic N) is 2. The maximum Gasteiger partial charge on any atom is 0.410 e. The molecule has 1 fully saturated rings. The summed E-state index contributed by atoms with van der Waals surface area (Å²) in [6.07, 6.45) is -1.63. The van der Waals surface area contributed by atoms with E-state index in [0.717, 1.165) is 0 Å². The van der Waals surface area contributed by atoms with Crippen molar-refractivity contribution in [3.05, 3.63) is 0 Å². The molecule has 106 valence electrons. The van der Waals surface area contributed by atoms with Gasteiger partial charge in [-0.1, -0.05) is 0 Å². The average molecular weight is 271 g/mol. The Labute approximate surface area is 111 Å². The Morgan fingerprint density at radius 2 is 2.21 bits per heavy atom. The molecule has 6 nitrogen and oxygen atoms in total. The summed E-state index contributed by atoms with van der Waals surface area (Å²) >= 11 is 0. The molecule has 1 saturated heterocycles. The molecule has 0 radical (unpaired) electrons. The van der Waals surface area contributed by atoms with E-state index < -0.39 is 23.8 Å². The Kier molecular flexibility index (Phi) is 3.47. The van der Waals surface area contributed by atoms with Gasteiger partial charge >= 0.3 is 6.09 Å². The number of fused-ring (bicyclic) bond motifs is 1. The number of halogens is 1. The van der Waals surface area contributed by atoms with E-state index in [2.05, 4.69) is 10.5 Å². The van der Waals surface area contributed by atoms with E-state index in [1.807, 2.05) is 0 Å². The van der Waals surface area contributed by atoms with Gasteiger partial charge in [-0.15, -0.1) is 0 Å². The lowest BCUT2D eigenvalue weighted by atomic mass is 9.98. The number of ether oxygens (including phenoxy) is 1. The summed E-state index contributed by atoms with van der Waals surface area (Å²) in [7, 11) is 0. The molecule has 1 N–H and O–H groups in total. The number of carbonyl (C=O) groups excluding carboxylic acids is 2. The predicted octanol–water partition coefficient (Wildman–Crippen LogP) is 1.07. The van der Waals surface area contributed by atoms with Gasteiger partial charge in [-0.3, -0.25) is 4.79 Å². The predicted molar refractivity (Wildman–Crippen MR) is 66.4 cm³/mol. The molecule has 0 spiro atoms. The Balaban J connectivity index is 2.06. The van der Waals surface area contributed by atoms with Crippen LogP contribution in [0, 0.1) is 5.92 Å². The summed E-state index contributed by atoms with van der Waals surface area (Å²) in [5.74, 6) is -0.869.